The summed E-state index contributed by atoms with van der Waals surface area (Å²) in [4.78, 5) is 38.4. The predicted octanol–water partition coefficient (Wildman–Crippen LogP) is 3.68. The Morgan fingerprint density at radius 2 is 1.79 bits per heavy atom. The molecule has 170 valence electrons. The number of rotatable bonds is 5. The molecule has 9 heteroatoms. The third-order valence-corrected chi connectivity index (χ3v) is 5.65. The van der Waals surface area contributed by atoms with Crippen LogP contribution >= 0.6 is 0 Å². The van der Waals surface area contributed by atoms with Gasteiger partial charge in [-0.2, -0.15) is 4.98 Å². The van der Waals surface area contributed by atoms with E-state index in [-0.39, 0.29) is 17.4 Å². The first-order valence-corrected chi connectivity index (χ1v) is 10.7. The van der Waals surface area contributed by atoms with Gasteiger partial charge in [0.05, 0.1) is 17.8 Å². The van der Waals surface area contributed by atoms with Gasteiger partial charge in [-0.15, -0.1) is 0 Å². The number of aromatic nitrogens is 3. The van der Waals surface area contributed by atoms with Crippen LogP contribution in [0, 0.1) is 0 Å². The topological polar surface area (TPSA) is 114 Å². The monoisotopic (exact) mass is 455 g/mol. The summed E-state index contributed by atoms with van der Waals surface area (Å²) in [6.45, 7) is 0.292. The van der Waals surface area contributed by atoms with Gasteiger partial charge in [0.2, 0.25) is 5.56 Å². The fourth-order valence-corrected chi connectivity index (χ4v) is 3.98. The van der Waals surface area contributed by atoms with Gasteiger partial charge in [-0.25, -0.2) is 0 Å². The lowest BCUT2D eigenvalue weighted by atomic mass is 10.0. The molecular formula is C25H21N5O4. The molecule has 1 N–H and O–H groups in total. The standard InChI is InChI=1S/C25H21N5O4/c1-33-28-20-13-21(23-27-24(34-29-23)19-11-12-22(31)26-14-19)30(15-20)25(32)18-9-7-17(8-10-18)16-5-3-2-4-6-16/h2-12,14,21H,13,15H2,1H3,(H,26,31)/b28-20+. The van der Waals surface area contributed by atoms with Crippen LogP contribution < -0.4 is 5.56 Å². The van der Waals surface area contributed by atoms with Crippen molar-refractivity contribution in [2.75, 3.05) is 13.7 Å². The highest BCUT2D eigenvalue weighted by Gasteiger charge is 2.38. The van der Waals surface area contributed by atoms with Gasteiger partial charge in [-0.3, -0.25) is 9.59 Å². The molecule has 0 radical (unpaired) electrons. The molecule has 4 aromatic rings. The molecule has 0 saturated carbocycles. The van der Waals surface area contributed by atoms with Crippen LogP contribution in [0.1, 0.15) is 28.6 Å². The molecule has 0 bridgehead atoms. The molecule has 1 aliphatic rings. The fourth-order valence-electron chi connectivity index (χ4n) is 3.98. The summed E-state index contributed by atoms with van der Waals surface area (Å²) in [5.41, 5.74) is 3.72. The van der Waals surface area contributed by atoms with E-state index in [1.54, 1.807) is 11.0 Å². The number of benzene rings is 2. The van der Waals surface area contributed by atoms with Crippen molar-refractivity contribution in [2.24, 2.45) is 5.16 Å². The maximum Gasteiger partial charge on any atom is 0.259 e. The zero-order chi connectivity index (χ0) is 23.5. The second-order valence-corrected chi connectivity index (χ2v) is 7.84. The van der Waals surface area contributed by atoms with Crippen molar-refractivity contribution in [1.29, 1.82) is 0 Å². The zero-order valence-electron chi connectivity index (χ0n) is 18.3. The molecule has 1 aliphatic heterocycles. The summed E-state index contributed by atoms with van der Waals surface area (Å²) in [6, 6.07) is 20.0. The van der Waals surface area contributed by atoms with Gasteiger partial charge >= 0.3 is 0 Å². The molecule has 1 saturated heterocycles. The molecule has 1 amide bonds. The van der Waals surface area contributed by atoms with Crippen molar-refractivity contribution in [3.05, 3.63) is 94.7 Å². The second-order valence-electron chi connectivity index (χ2n) is 7.84. The summed E-state index contributed by atoms with van der Waals surface area (Å²) in [5, 5.41) is 8.15. The molecule has 2 aromatic heterocycles. The lowest BCUT2D eigenvalue weighted by Crippen LogP contribution is -2.31. The molecule has 9 nitrogen and oxygen atoms in total. The third-order valence-electron chi connectivity index (χ3n) is 5.65. The van der Waals surface area contributed by atoms with E-state index in [9.17, 15) is 9.59 Å². The molecule has 0 aliphatic carbocycles. The Kier molecular flexibility index (Phi) is 5.73. The largest absolute Gasteiger partial charge is 0.399 e. The minimum Gasteiger partial charge on any atom is -0.399 e. The molecule has 2 aromatic carbocycles. The van der Waals surface area contributed by atoms with Gasteiger partial charge in [0.25, 0.3) is 11.8 Å². The van der Waals surface area contributed by atoms with Gasteiger partial charge in [0.15, 0.2) is 5.82 Å². The van der Waals surface area contributed by atoms with E-state index in [4.69, 9.17) is 9.36 Å². The Bertz CT molecular complexity index is 1370. The Labute approximate surface area is 194 Å². The number of aromatic amines is 1. The number of pyridine rings is 1. The first-order chi connectivity index (χ1) is 16.6. The quantitative estimate of drug-likeness (QED) is 0.459. The van der Waals surface area contributed by atoms with Gasteiger partial charge < -0.3 is 19.2 Å². The smallest absolute Gasteiger partial charge is 0.259 e. The Hall–Kier alpha value is -4.53. The van der Waals surface area contributed by atoms with Crippen molar-refractivity contribution in [3.63, 3.8) is 0 Å². The summed E-state index contributed by atoms with van der Waals surface area (Å²) < 4.78 is 5.40. The van der Waals surface area contributed by atoms with E-state index in [2.05, 4.69) is 20.3 Å². The molecule has 5 rings (SSSR count). The van der Waals surface area contributed by atoms with Crippen molar-refractivity contribution in [1.82, 2.24) is 20.0 Å². The van der Waals surface area contributed by atoms with E-state index in [1.807, 2.05) is 54.6 Å². The minimum absolute atomic E-state index is 0.165. The maximum atomic E-state index is 13.4. The van der Waals surface area contributed by atoms with E-state index in [0.29, 0.717) is 35.6 Å². The number of carbonyl (C=O) groups excluding carboxylic acids is 1. The van der Waals surface area contributed by atoms with Crippen LogP contribution in [0.25, 0.3) is 22.6 Å². The van der Waals surface area contributed by atoms with Crippen LogP contribution in [0.3, 0.4) is 0 Å². The van der Waals surface area contributed by atoms with Crippen LogP contribution in [-0.4, -0.2) is 45.3 Å². The Morgan fingerprint density at radius 1 is 1.06 bits per heavy atom. The minimum atomic E-state index is -0.463. The van der Waals surface area contributed by atoms with Crippen molar-refractivity contribution >= 4 is 11.6 Å². The molecule has 34 heavy (non-hydrogen) atoms. The average Bonchev–Trinajstić information content (AvgIpc) is 3.53. The predicted molar refractivity (Wildman–Crippen MR) is 125 cm³/mol. The third kappa shape index (κ3) is 4.23. The highest BCUT2D eigenvalue weighted by molar-refractivity contribution is 6.00. The van der Waals surface area contributed by atoms with Crippen molar-refractivity contribution in [3.8, 4) is 22.6 Å². The molecule has 1 fully saturated rings. The van der Waals surface area contributed by atoms with E-state index < -0.39 is 6.04 Å². The number of nitrogens with one attached hydrogen (secondary N) is 1. The average molecular weight is 455 g/mol. The number of amides is 1. The zero-order valence-corrected chi connectivity index (χ0v) is 18.3. The Morgan fingerprint density at radius 3 is 2.50 bits per heavy atom. The number of likely N-dealkylation sites (tertiary alicyclic amines) is 1. The Balaban J connectivity index is 1.42. The number of nitrogens with zero attached hydrogens (tertiary/aromatic N) is 4. The van der Waals surface area contributed by atoms with E-state index in [1.165, 1.54) is 19.4 Å². The summed E-state index contributed by atoms with van der Waals surface area (Å²) >= 11 is 0. The molecule has 0 spiro atoms. The van der Waals surface area contributed by atoms with E-state index in [0.717, 1.165) is 11.1 Å². The highest BCUT2D eigenvalue weighted by atomic mass is 16.6. The van der Waals surface area contributed by atoms with Gasteiger partial charge in [-0.1, -0.05) is 52.8 Å². The number of hydrogen-bond acceptors (Lipinski definition) is 7. The lowest BCUT2D eigenvalue weighted by molar-refractivity contribution is 0.0732. The van der Waals surface area contributed by atoms with Crippen molar-refractivity contribution < 1.29 is 14.2 Å². The van der Waals surface area contributed by atoms with Crippen LogP contribution in [0.15, 0.2) is 87.4 Å². The highest BCUT2D eigenvalue weighted by Crippen LogP contribution is 2.32. The first kappa shape index (κ1) is 21.3. The lowest BCUT2D eigenvalue weighted by Gasteiger charge is -2.21. The number of hydrogen-bond donors (Lipinski definition) is 1. The molecule has 1 atom stereocenters. The summed E-state index contributed by atoms with van der Waals surface area (Å²) in [6.07, 6.45) is 1.93. The van der Waals surface area contributed by atoms with Crippen LogP contribution in [0.2, 0.25) is 0 Å². The van der Waals surface area contributed by atoms with E-state index >= 15 is 0 Å². The maximum absolute atomic E-state index is 13.4. The van der Waals surface area contributed by atoms with Crippen LogP contribution in [0.4, 0.5) is 0 Å². The van der Waals surface area contributed by atoms with Crippen LogP contribution in [0.5, 0.6) is 0 Å². The summed E-state index contributed by atoms with van der Waals surface area (Å²) in [7, 11) is 1.47. The van der Waals surface area contributed by atoms with Gasteiger partial charge in [0, 0.05) is 24.2 Å². The normalized spacial score (nSPS) is 16.7. The van der Waals surface area contributed by atoms with Crippen molar-refractivity contribution in [2.45, 2.75) is 12.5 Å². The second kappa shape index (κ2) is 9.14. The fraction of sp³-hybridized carbons (Fsp3) is 0.160. The first-order valence-electron chi connectivity index (χ1n) is 10.7. The summed E-state index contributed by atoms with van der Waals surface area (Å²) in [5.74, 6) is 0.445. The number of carbonyl (C=O) groups is 1. The van der Waals surface area contributed by atoms with Gasteiger partial charge in [-0.05, 0) is 29.3 Å². The molecular weight excluding hydrogens is 434 g/mol. The van der Waals surface area contributed by atoms with Crippen LogP contribution in [-0.2, 0) is 4.84 Å². The SMILES string of the molecule is CO/N=C1\CC(c2noc(-c3ccc(=O)[nH]c3)n2)N(C(=O)c2ccc(-c3ccccc3)cc2)C1. The molecule has 1 unspecified atom stereocenters. The number of oxime groups is 1. The number of H-pyrrole nitrogens is 1. The molecule has 3 heterocycles. The van der Waals surface area contributed by atoms with Gasteiger partial charge in [0.1, 0.15) is 13.2 Å².